The van der Waals surface area contributed by atoms with Crippen LogP contribution >= 0.6 is 0 Å². The molecule has 2 aromatic rings. The Morgan fingerprint density at radius 3 is 2.88 bits per heavy atom. The van der Waals surface area contributed by atoms with Crippen molar-refractivity contribution in [3.05, 3.63) is 47.5 Å². The maximum Gasteiger partial charge on any atom is 0.243 e. The van der Waals surface area contributed by atoms with Crippen molar-refractivity contribution in [2.75, 3.05) is 29.0 Å². The van der Waals surface area contributed by atoms with Gasteiger partial charge in [0, 0.05) is 17.4 Å². The summed E-state index contributed by atoms with van der Waals surface area (Å²) in [5.41, 5.74) is 10.4. The fourth-order valence-corrected chi connectivity index (χ4v) is 2.93. The number of carbonyl (C=O) groups is 1. The van der Waals surface area contributed by atoms with Gasteiger partial charge in [0.2, 0.25) is 5.91 Å². The van der Waals surface area contributed by atoms with Crippen LogP contribution in [0.3, 0.4) is 0 Å². The third-order valence-corrected chi connectivity index (χ3v) is 4.13. The molecule has 3 N–H and O–H groups in total. The summed E-state index contributed by atoms with van der Waals surface area (Å²) >= 11 is 0. The fraction of sp³-hybridized carbons (Fsp3) is 0.316. The van der Waals surface area contributed by atoms with Gasteiger partial charge in [-0.2, -0.15) is 0 Å². The van der Waals surface area contributed by atoms with Crippen molar-refractivity contribution >= 4 is 23.0 Å². The number of carbonyl (C=O) groups excluding carboxylic acids is 1. The van der Waals surface area contributed by atoms with Crippen LogP contribution in [0.5, 0.6) is 5.75 Å². The number of amides is 1. The van der Waals surface area contributed by atoms with E-state index in [-0.39, 0.29) is 18.6 Å². The molecule has 24 heavy (non-hydrogen) atoms. The summed E-state index contributed by atoms with van der Waals surface area (Å²) in [5.74, 6) is 0.689. The summed E-state index contributed by atoms with van der Waals surface area (Å²) in [6, 6.07) is 11.6. The van der Waals surface area contributed by atoms with E-state index in [1.54, 1.807) is 6.07 Å². The first-order valence-electron chi connectivity index (χ1n) is 8.10. The smallest absolute Gasteiger partial charge is 0.243 e. The number of hydrogen-bond acceptors (Lipinski definition) is 4. The Morgan fingerprint density at radius 1 is 1.29 bits per heavy atom. The van der Waals surface area contributed by atoms with E-state index in [4.69, 9.17) is 10.5 Å². The third-order valence-electron chi connectivity index (χ3n) is 4.13. The third kappa shape index (κ3) is 3.45. The Balaban J connectivity index is 1.76. The molecule has 5 heteroatoms. The van der Waals surface area contributed by atoms with E-state index in [0.717, 1.165) is 28.3 Å². The molecule has 1 atom stereocenters. The maximum absolute atomic E-state index is 12.5. The average Bonchev–Trinajstić information content (AvgIpc) is 2.50. The number of anilines is 3. The van der Waals surface area contributed by atoms with E-state index < -0.39 is 0 Å². The zero-order valence-electron chi connectivity index (χ0n) is 14.3. The van der Waals surface area contributed by atoms with E-state index in [9.17, 15) is 4.79 Å². The topological polar surface area (TPSA) is 67.6 Å². The van der Waals surface area contributed by atoms with Crippen molar-refractivity contribution in [1.29, 1.82) is 0 Å². The predicted octanol–water partition coefficient (Wildman–Crippen LogP) is 3.11. The minimum Gasteiger partial charge on any atom is -0.487 e. The van der Waals surface area contributed by atoms with Crippen LogP contribution in [0.15, 0.2) is 36.4 Å². The van der Waals surface area contributed by atoms with Crippen LogP contribution in [0, 0.1) is 13.8 Å². The standard InChI is InChI=1S/C19H23N3O2/c1-12-4-5-13(2)16(8-12)21-19(23)11-22-10-14(3)24-18-9-15(20)6-7-17(18)22/h4-9,14H,10-11,20H2,1-3H3,(H,21,23). The summed E-state index contributed by atoms with van der Waals surface area (Å²) in [6.07, 6.45) is 0.00723. The van der Waals surface area contributed by atoms with Crippen LogP contribution in [-0.4, -0.2) is 25.1 Å². The molecule has 126 valence electrons. The Bertz CT molecular complexity index is 773. The summed E-state index contributed by atoms with van der Waals surface area (Å²) in [4.78, 5) is 14.5. The van der Waals surface area contributed by atoms with Crippen LogP contribution in [0.2, 0.25) is 0 Å². The number of ether oxygens (including phenoxy) is 1. The predicted molar refractivity (Wildman–Crippen MR) is 97.7 cm³/mol. The number of aryl methyl sites for hydroxylation is 2. The molecular weight excluding hydrogens is 302 g/mol. The lowest BCUT2D eigenvalue weighted by atomic mass is 10.1. The van der Waals surface area contributed by atoms with Crippen LogP contribution in [0.1, 0.15) is 18.1 Å². The molecule has 1 amide bonds. The van der Waals surface area contributed by atoms with Crippen molar-refractivity contribution in [3.63, 3.8) is 0 Å². The summed E-state index contributed by atoms with van der Waals surface area (Å²) in [7, 11) is 0. The molecule has 1 unspecified atom stereocenters. The van der Waals surface area contributed by atoms with Crippen molar-refractivity contribution in [1.82, 2.24) is 0 Å². The van der Waals surface area contributed by atoms with E-state index in [1.807, 2.05) is 56.0 Å². The molecule has 0 fully saturated rings. The molecule has 0 spiro atoms. The number of nitrogens with two attached hydrogens (primary N) is 1. The second-order valence-corrected chi connectivity index (χ2v) is 6.40. The first-order chi connectivity index (χ1) is 11.4. The first-order valence-corrected chi connectivity index (χ1v) is 8.10. The summed E-state index contributed by atoms with van der Waals surface area (Å²) < 4.78 is 5.82. The lowest BCUT2D eigenvalue weighted by Crippen LogP contribution is -2.42. The van der Waals surface area contributed by atoms with Crippen molar-refractivity contribution in [2.24, 2.45) is 0 Å². The highest BCUT2D eigenvalue weighted by molar-refractivity contribution is 5.95. The van der Waals surface area contributed by atoms with Gasteiger partial charge in [0.05, 0.1) is 18.8 Å². The van der Waals surface area contributed by atoms with E-state index in [2.05, 4.69) is 5.32 Å². The van der Waals surface area contributed by atoms with Crippen LogP contribution in [0.4, 0.5) is 17.1 Å². The monoisotopic (exact) mass is 325 g/mol. The average molecular weight is 325 g/mol. The minimum absolute atomic E-state index is 0.00723. The molecular formula is C19H23N3O2. The van der Waals surface area contributed by atoms with E-state index in [0.29, 0.717) is 12.2 Å². The zero-order chi connectivity index (χ0) is 17.3. The van der Waals surface area contributed by atoms with Gasteiger partial charge in [0.1, 0.15) is 11.9 Å². The molecule has 2 aromatic carbocycles. The van der Waals surface area contributed by atoms with Gasteiger partial charge in [0.25, 0.3) is 0 Å². The highest BCUT2D eigenvalue weighted by Crippen LogP contribution is 2.34. The fourth-order valence-electron chi connectivity index (χ4n) is 2.93. The SMILES string of the molecule is Cc1ccc(C)c(NC(=O)CN2CC(C)Oc3cc(N)ccc32)c1. The molecule has 3 rings (SSSR count). The second-order valence-electron chi connectivity index (χ2n) is 6.40. The Morgan fingerprint density at radius 2 is 2.08 bits per heavy atom. The number of nitrogens with one attached hydrogen (secondary N) is 1. The lowest BCUT2D eigenvalue weighted by Gasteiger charge is -2.34. The van der Waals surface area contributed by atoms with Crippen molar-refractivity contribution < 1.29 is 9.53 Å². The molecule has 0 saturated carbocycles. The molecule has 1 heterocycles. The normalized spacial score (nSPS) is 16.3. The van der Waals surface area contributed by atoms with Gasteiger partial charge in [-0.05, 0) is 50.1 Å². The van der Waals surface area contributed by atoms with Crippen molar-refractivity contribution in [3.8, 4) is 5.75 Å². The molecule has 0 radical (unpaired) electrons. The molecule has 0 aromatic heterocycles. The summed E-state index contributed by atoms with van der Waals surface area (Å²) in [6.45, 7) is 6.93. The highest BCUT2D eigenvalue weighted by atomic mass is 16.5. The number of nitrogen functional groups attached to an aromatic ring is 1. The number of rotatable bonds is 3. The minimum atomic E-state index is -0.0411. The number of nitrogens with zero attached hydrogens (tertiary/aromatic N) is 1. The number of benzene rings is 2. The van der Waals surface area contributed by atoms with Crippen molar-refractivity contribution in [2.45, 2.75) is 26.9 Å². The van der Waals surface area contributed by atoms with Crippen LogP contribution in [0.25, 0.3) is 0 Å². The zero-order valence-corrected chi connectivity index (χ0v) is 14.3. The van der Waals surface area contributed by atoms with Gasteiger partial charge in [-0.15, -0.1) is 0 Å². The first kappa shape index (κ1) is 16.2. The van der Waals surface area contributed by atoms with Gasteiger partial charge in [0.15, 0.2) is 0 Å². The van der Waals surface area contributed by atoms with E-state index >= 15 is 0 Å². The number of hydrogen-bond donors (Lipinski definition) is 2. The molecule has 0 saturated heterocycles. The van der Waals surface area contributed by atoms with Gasteiger partial charge in [-0.25, -0.2) is 0 Å². The van der Waals surface area contributed by atoms with Gasteiger partial charge < -0.3 is 20.7 Å². The quantitative estimate of drug-likeness (QED) is 0.851. The van der Waals surface area contributed by atoms with Gasteiger partial charge in [-0.3, -0.25) is 4.79 Å². The second kappa shape index (κ2) is 6.43. The Labute approximate surface area is 142 Å². The largest absolute Gasteiger partial charge is 0.487 e. The van der Waals surface area contributed by atoms with E-state index in [1.165, 1.54) is 0 Å². The molecule has 1 aliphatic heterocycles. The van der Waals surface area contributed by atoms with Gasteiger partial charge in [-0.1, -0.05) is 12.1 Å². The maximum atomic E-state index is 12.5. The summed E-state index contributed by atoms with van der Waals surface area (Å²) in [5, 5.41) is 3.01. The lowest BCUT2D eigenvalue weighted by molar-refractivity contribution is -0.115. The molecule has 0 aliphatic carbocycles. The van der Waals surface area contributed by atoms with Crippen LogP contribution in [-0.2, 0) is 4.79 Å². The van der Waals surface area contributed by atoms with Gasteiger partial charge >= 0.3 is 0 Å². The molecule has 1 aliphatic rings. The number of fused-ring (bicyclic) bond motifs is 1. The van der Waals surface area contributed by atoms with Crippen LogP contribution < -0.4 is 20.7 Å². The Hall–Kier alpha value is -2.69. The molecule has 0 bridgehead atoms. The Kier molecular flexibility index (Phi) is 4.34. The molecule has 5 nitrogen and oxygen atoms in total. The highest BCUT2D eigenvalue weighted by Gasteiger charge is 2.24.